The summed E-state index contributed by atoms with van der Waals surface area (Å²) < 4.78 is 11.0. The Bertz CT molecular complexity index is 962. The topological polar surface area (TPSA) is 66.1 Å². The molecule has 1 aromatic carbocycles. The predicted molar refractivity (Wildman–Crippen MR) is 121 cm³/mol. The zero-order valence-electron chi connectivity index (χ0n) is 17.4. The highest BCUT2D eigenvalue weighted by molar-refractivity contribution is 7.13. The first-order valence-electron chi connectivity index (χ1n) is 10.2. The van der Waals surface area contributed by atoms with Gasteiger partial charge in [-0.3, -0.25) is 0 Å². The van der Waals surface area contributed by atoms with E-state index in [0.29, 0.717) is 12.4 Å². The maximum Gasteiger partial charge on any atom is 0.236 e. The van der Waals surface area contributed by atoms with E-state index < -0.39 is 0 Å². The smallest absolute Gasteiger partial charge is 0.236 e. The molecule has 4 rings (SSSR count). The van der Waals surface area contributed by atoms with Gasteiger partial charge in [-0.2, -0.15) is 0 Å². The van der Waals surface area contributed by atoms with Crippen LogP contribution in [0.2, 0.25) is 0 Å². The van der Waals surface area contributed by atoms with Crippen molar-refractivity contribution in [3.05, 3.63) is 53.7 Å². The lowest BCUT2D eigenvalue weighted by Crippen LogP contribution is -2.52. The number of rotatable bonds is 6. The van der Waals surface area contributed by atoms with Crippen LogP contribution in [0.25, 0.3) is 10.8 Å². The number of benzene rings is 1. The van der Waals surface area contributed by atoms with Gasteiger partial charge in [-0.1, -0.05) is 12.1 Å². The second-order valence-corrected chi connectivity index (χ2v) is 7.91. The standard InChI is InChI=1S/C22H27N5O2S/c1-3-23-22(24-15-17-16-29-21(25-17)20-8-5-13-30-20)27-11-9-26(10-12-27)18-6-4-7-19(14-18)28-2/h4-8,13-14,16H,3,9-12,15H2,1-2H3,(H,23,24). The van der Waals surface area contributed by atoms with Gasteiger partial charge in [0, 0.05) is 44.5 Å². The van der Waals surface area contributed by atoms with Crippen LogP contribution in [0, 0.1) is 0 Å². The van der Waals surface area contributed by atoms with E-state index in [4.69, 9.17) is 14.1 Å². The summed E-state index contributed by atoms with van der Waals surface area (Å²) in [7, 11) is 1.70. The highest BCUT2D eigenvalue weighted by Gasteiger charge is 2.20. The molecule has 2 aromatic heterocycles. The molecule has 0 saturated carbocycles. The maximum absolute atomic E-state index is 5.61. The minimum absolute atomic E-state index is 0.493. The van der Waals surface area contributed by atoms with Gasteiger partial charge in [0.05, 0.1) is 18.5 Å². The lowest BCUT2D eigenvalue weighted by molar-refractivity contribution is 0.372. The number of hydrogen-bond acceptors (Lipinski definition) is 6. The zero-order chi connectivity index (χ0) is 20.8. The van der Waals surface area contributed by atoms with Crippen LogP contribution in [0.1, 0.15) is 12.6 Å². The molecule has 0 unspecified atom stereocenters. The van der Waals surface area contributed by atoms with E-state index in [1.165, 1.54) is 5.69 Å². The Morgan fingerprint density at radius 3 is 2.83 bits per heavy atom. The maximum atomic E-state index is 5.61. The van der Waals surface area contributed by atoms with E-state index in [1.807, 2.05) is 29.6 Å². The third kappa shape index (κ3) is 4.76. The predicted octanol–water partition coefficient (Wildman–Crippen LogP) is 3.70. The largest absolute Gasteiger partial charge is 0.497 e. The van der Waals surface area contributed by atoms with Crippen molar-refractivity contribution in [2.24, 2.45) is 4.99 Å². The van der Waals surface area contributed by atoms with Crippen LogP contribution >= 0.6 is 11.3 Å². The van der Waals surface area contributed by atoms with Crippen LogP contribution in [-0.2, 0) is 6.54 Å². The van der Waals surface area contributed by atoms with Crippen LogP contribution in [0.15, 0.2) is 57.5 Å². The summed E-state index contributed by atoms with van der Waals surface area (Å²) in [5.41, 5.74) is 2.03. The molecule has 0 radical (unpaired) electrons. The summed E-state index contributed by atoms with van der Waals surface area (Å²) in [4.78, 5) is 15.1. The van der Waals surface area contributed by atoms with Gasteiger partial charge in [0.1, 0.15) is 17.7 Å². The number of ether oxygens (including phenoxy) is 1. The molecule has 1 aliphatic rings. The highest BCUT2D eigenvalue weighted by Crippen LogP contribution is 2.24. The van der Waals surface area contributed by atoms with Gasteiger partial charge in [-0.15, -0.1) is 11.3 Å². The number of nitrogens with zero attached hydrogens (tertiary/aromatic N) is 4. The number of hydrogen-bond donors (Lipinski definition) is 1. The lowest BCUT2D eigenvalue weighted by Gasteiger charge is -2.37. The Morgan fingerprint density at radius 1 is 1.23 bits per heavy atom. The monoisotopic (exact) mass is 425 g/mol. The number of guanidine groups is 1. The third-order valence-corrected chi connectivity index (χ3v) is 5.86. The minimum Gasteiger partial charge on any atom is -0.497 e. The molecule has 3 aromatic rings. The quantitative estimate of drug-likeness (QED) is 0.480. The fourth-order valence-corrected chi connectivity index (χ4v) is 4.11. The molecular weight excluding hydrogens is 398 g/mol. The van der Waals surface area contributed by atoms with E-state index >= 15 is 0 Å². The molecular formula is C22H27N5O2S. The number of oxazole rings is 1. The van der Waals surface area contributed by atoms with Crippen LogP contribution < -0.4 is 15.0 Å². The number of anilines is 1. The fourth-order valence-electron chi connectivity index (χ4n) is 3.46. The molecule has 1 fully saturated rings. The number of nitrogens with one attached hydrogen (secondary N) is 1. The third-order valence-electron chi connectivity index (χ3n) is 5.01. The Balaban J connectivity index is 1.38. The molecule has 0 aliphatic carbocycles. The molecule has 1 saturated heterocycles. The summed E-state index contributed by atoms with van der Waals surface area (Å²) in [6.45, 7) is 7.09. The Labute approximate surface area is 181 Å². The number of methoxy groups -OCH3 is 1. The molecule has 0 atom stereocenters. The fraction of sp³-hybridized carbons (Fsp3) is 0.364. The summed E-state index contributed by atoms with van der Waals surface area (Å²) >= 11 is 1.62. The molecule has 30 heavy (non-hydrogen) atoms. The van der Waals surface area contributed by atoms with Crippen molar-refractivity contribution in [2.75, 3.05) is 44.7 Å². The van der Waals surface area contributed by atoms with E-state index in [0.717, 1.165) is 55.0 Å². The Hall–Kier alpha value is -3.00. The summed E-state index contributed by atoms with van der Waals surface area (Å²) in [5.74, 6) is 2.47. The second-order valence-electron chi connectivity index (χ2n) is 6.97. The first-order valence-corrected chi connectivity index (χ1v) is 11.1. The first kappa shape index (κ1) is 20.3. The van der Waals surface area contributed by atoms with Gasteiger partial charge in [-0.25, -0.2) is 9.98 Å². The number of aliphatic imine (C=N–C) groups is 1. The van der Waals surface area contributed by atoms with Crippen LogP contribution in [0.4, 0.5) is 5.69 Å². The van der Waals surface area contributed by atoms with Crippen molar-refractivity contribution in [3.63, 3.8) is 0 Å². The molecule has 3 heterocycles. The molecule has 7 nitrogen and oxygen atoms in total. The number of thiophene rings is 1. The molecule has 0 amide bonds. The normalized spacial score (nSPS) is 14.8. The highest BCUT2D eigenvalue weighted by atomic mass is 32.1. The van der Waals surface area contributed by atoms with Crippen LogP contribution in [0.3, 0.4) is 0 Å². The summed E-state index contributed by atoms with van der Waals surface area (Å²) in [6, 6.07) is 12.2. The first-order chi connectivity index (χ1) is 14.8. The van der Waals surface area contributed by atoms with Crippen molar-refractivity contribution in [2.45, 2.75) is 13.5 Å². The zero-order valence-corrected chi connectivity index (χ0v) is 18.2. The van der Waals surface area contributed by atoms with Crippen molar-refractivity contribution >= 4 is 23.0 Å². The van der Waals surface area contributed by atoms with Crippen molar-refractivity contribution in [1.82, 2.24) is 15.2 Å². The van der Waals surface area contributed by atoms with Gasteiger partial charge in [0.2, 0.25) is 5.89 Å². The van der Waals surface area contributed by atoms with Crippen LogP contribution in [-0.4, -0.2) is 55.7 Å². The molecule has 0 spiro atoms. The van der Waals surface area contributed by atoms with E-state index in [9.17, 15) is 0 Å². The summed E-state index contributed by atoms with van der Waals surface area (Å²) in [6.07, 6.45) is 1.70. The van der Waals surface area contributed by atoms with E-state index in [-0.39, 0.29) is 0 Å². The van der Waals surface area contributed by atoms with Gasteiger partial charge < -0.3 is 24.3 Å². The van der Waals surface area contributed by atoms with Gasteiger partial charge >= 0.3 is 0 Å². The SMILES string of the molecule is CCNC(=NCc1coc(-c2cccs2)n1)N1CCN(c2cccc(OC)c2)CC1. The molecule has 158 valence electrons. The minimum atomic E-state index is 0.493. The van der Waals surface area contributed by atoms with Crippen molar-refractivity contribution in [1.29, 1.82) is 0 Å². The number of aromatic nitrogens is 1. The van der Waals surface area contributed by atoms with Crippen molar-refractivity contribution in [3.8, 4) is 16.5 Å². The van der Waals surface area contributed by atoms with Gasteiger partial charge in [-0.05, 0) is 30.5 Å². The molecule has 8 heteroatoms. The Morgan fingerprint density at radius 2 is 2.10 bits per heavy atom. The average Bonchev–Trinajstić information content (AvgIpc) is 3.49. The van der Waals surface area contributed by atoms with Gasteiger partial charge in [0.15, 0.2) is 5.96 Å². The molecule has 1 N–H and O–H groups in total. The summed E-state index contributed by atoms with van der Waals surface area (Å²) in [5, 5.41) is 5.43. The average molecular weight is 426 g/mol. The molecule has 1 aliphatic heterocycles. The second kappa shape index (κ2) is 9.67. The van der Waals surface area contributed by atoms with E-state index in [1.54, 1.807) is 24.7 Å². The Kier molecular flexibility index (Phi) is 6.53. The van der Waals surface area contributed by atoms with Crippen molar-refractivity contribution < 1.29 is 9.15 Å². The number of piperazine rings is 1. The van der Waals surface area contributed by atoms with E-state index in [2.05, 4.69) is 39.2 Å². The molecule has 0 bridgehead atoms. The van der Waals surface area contributed by atoms with Gasteiger partial charge in [0.25, 0.3) is 0 Å². The van der Waals surface area contributed by atoms with Crippen LogP contribution in [0.5, 0.6) is 5.75 Å². The lowest BCUT2D eigenvalue weighted by atomic mass is 10.2.